The minimum Gasteiger partial charge on any atom is -0.297 e. The molecule has 138 valence electrons. The van der Waals surface area contributed by atoms with Crippen molar-refractivity contribution in [3.05, 3.63) is 62.9 Å². The van der Waals surface area contributed by atoms with Gasteiger partial charge in [-0.3, -0.25) is 14.8 Å². The highest BCUT2D eigenvalue weighted by Crippen LogP contribution is 2.30. The molecule has 0 unspecified atom stereocenters. The van der Waals surface area contributed by atoms with Crippen LogP contribution in [0, 0.1) is 26.6 Å². The van der Waals surface area contributed by atoms with E-state index in [0.29, 0.717) is 16.6 Å². The van der Waals surface area contributed by atoms with Gasteiger partial charge in [0.25, 0.3) is 5.91 Å². The molecule has 0 saturated carbocycles. The number of hydrogen-bond donors (Lipinski definition) is 1. The summed E-state index contributed by atoms with van der Waals surface area (Å²) in [5, 5.41) is 9.00. The van der Waals surface area contributed by atoms with Gasteiger partial charge in [-0.2, -0.15) is 5.10 Å². The summed E-state index contributed by atoms with van der Waals surface area (Å²) >= 11 is 2.87. The van der Waals surface area contributed by atoms with Crippen LogP contribution < -0.4 is 5.32 Å². The molecule has 1 aromatic carbocycles. The Hall–Kier alpha value is -2.58. The van der Waals surface area contributed by atoms with Crippen LogP contribution in [-0.4, -0.2) is 20.7 Å². The molecule has 4 aromatic rings. The van der Waals surface area contributed by atoms with Crippen molar-refractivity contribution in [1.82, 2.24) is 14.8 Å². The number of carbonyl (C=O) groups is 1. The highest BCUT2D eigenvalue weighted by Gasteiger charge is 2.18. The summed E-state index contributed by atoms with van der Waals surface area (Å²) in [6.07, 6.45) is 0. The maximum absolute atomic E-state index is 13.1. The second kappa shape index (κ2) is 6.86. The maximum atomic E-state index is 13.1. The molecule has 0 radical (unpaired) electrons. The lowest BCUT2D eigenvalue weighted by atomic mass is 10.2. The molecule has 0 atom stereocenters. The smallest absolute Gasteiger partial charge is 0.267 e. The molecule has 0 spiro atoms. The molecule has 3 heterocycles. The summed E-state index contributed by atoms with van der Waals surface area (Å²) in [4.78, 5) is 19.6. The predicted molar refractivity (Wildman–Crippen MR) is 107 cm³/mol. The molecule has 4 rings (SSSR count). The van der Waals surface area contributed by atoms with Gasteiger partial charge >= 0.3 is 0 Å². The van der Waals surface area contributed by atoms with E-state index in [1.807, 2.05) is 31.5 Å². The van der Waals surface area contributed by atoms with Crippen LogP contribution in [0.3, 0.4) is 0 Å². The molecule has 27 heavy (non-hydrogen) atoms. The van der Waals surface area contributed by atoms with Crippen molar-refractivity contribution in [3.8, 4) is 0 Å². The quantitative estimate of drug-likeness (QED) is 0.529. The van der Waals surface area contributed by atoms with Gasteiger partial charge in [0.1, 0.15) is 10.6 Å². The molecule has 0 aliphatic carbocycles. The number of aromatic nitrogens is 3. The number of thiophene rings is 1. The van der Waals surface area contributed by atoms with E-state index in [-0.39, 0.29) is 11.7 Å². The number of anilines is 1. The Bertz CT molecular complexity index is 1120. The summed E-state index contributed by atoms with van der Waals surface area (Å²) in [7, 11) is 0. The van der Waals surface area contributed by atoms with Crippen LogP contribution in [-0.2, 0) is 6.54 Å². The van der Waals surface area contributed by atoms with Crippen molar-refractivity contribution >= 4 is 43.9 Å². The van der Waals surface area contributed by atoms with E-state index >= 15 is 0 Å². The van der Waals surface area contributed by atoms with E-state index in [9.17, 15) is 9.18 Å². The van der Waals surface area contributed by atoms with Crippen molar-refractivity contribution in [2.24, 2.45) is 0 Å². The summed E-state index contributed by atoms with van der Waals surface area (Å²) in [5.74, 6) is -0.430. The Labute approximate surface area is 163 Å². The maximum Gasteiger partial charge on any atom is 0.267 e. The fraction of sp³-hybridized carbons (Fsp3) is 0.211. The van der Waals surface area contributed by atoms with E-state index in [2.05, 4.69) is 15.4 Å². The molecule has 1 N–H and O–H groups in total. The zero-order valence-electron chi connectivity index (χ0n) is 15.0. The van der Waals surface area contributed by atoms with Crippen LogP contribution in [0.5, 0.6) is 0 Å². The molecule has 0 fully saturated rings. The van der Waals surface area contributed by atoms with Crippen molar-refractivity contribution in [1.29, 1.82) is 0 Å². The number of nitrogens with zero attached hydrogens (tertiary/aromatic N) is 3. The van der Waals surface area contributed by atoms with Crippen LogP contribution in [0.15, 0.2) is 30.3 Å². The third kappa shape index (κ3) is 3.50. The Morgan fingerprint density at radius 2 is 1.89 bits per heavy atom. The fourth-order valence-corrected chi connectivity index (χ4v) is 4.65. The van der Waals surface area contributed by atoms with Gasteiger partial charge in [0.15, 0.2) is 5.13 Å². The number of carbonyl (C=O) groups excluding carboxylic acids is 1. The third-order valence-corrected chi connectivity index (χ3v) is 6.46. The number of amides is 1. The van der Waals surface area contributed by atoms with Crippen LogP contribution in [0.1, 0.15) is 31.5 Å². The van der Waals surface area contributed by atoms with Crippen LogP contribution >= 0.6 is 22.7 Å². The normalized spacial score (nSPS) is 11.3. The lowest BCUT2D eigenvalue weighted by molar-refractivity contribution is 0.103. The Balaban J connectivity index is 1.61. The van der Waals surface area contributed by atoms with Crippen molar-refractivity contribution < 1.29 is 9.18 Å². The summed E-state index contributed by atoms with van der Waals surface area (Å²) in [6, 6.07) is 8.23. The van der Waals surface area contributed by atoms with Gasteiger partial charge in [-0.1, -0.05) is 12.1 Å². The number of halogens is 1. The van der Waals surface area contributed by atoms with Crippen LogP contribution in [0.25, 0.3) is 10.2 Å². The number of benzene rings is 1. The summed E-state index contributed by atoms with van der Waals surface area (Å²) in [5.41, 5.74) is 2.75. The van der Waals surface area contributed by atoms with Gasteiger partial charge in [0.05, 0.1) is 22.8 Å². The second-order valence-electron chi connectivity index (χ2n) is 6.31. The second-order valence-corrected chi connectivity index (χ2v) is 8.55. The molecular formula is C19H17FN4OS2. The SMILES string of the molecule is Cc1nc(NC(=O)c2cc3c(C)nn(Cc4ccc(F)cc4)c3s2)sc1C. The van der Waals surface area contributed by atoms with Gasteiger partial charge in [0, 0.05) is 10.3 Å². The van der Waals surface area contributed by atoms with E-state index in [1.54, 1.807) is 12.1 Å². The van der Waals surface area contributed by atoms with Crippen molar-refractivity contribution in [3.63, 3.8) is 0 Å². The number of aryl methyl sites for hydroxylation is 3. The molecule has 0 aliphatic rings. The first kappa shape index (κ1) is 17.8. The van der Waals surface area contributed by atoms with E-state index in [0.717, 1.165) is 32.0 Å². The minimum atomic E-state index is -0.261. The van der Waals surface area contributed by atoms with E-state index in [1.165, 1.54) is 34.8 Å². The fourth-order valence-electron chi connectivity index (χ4n) is 2.78. The Kier molecular flexibility index (Phi) is 4.53. The molecule has 0 bridgehead atoms. The number of rotatable bonds is 4. The molecule has 8 heteroatoms. The third-order valence-electron chi connectivity index (χ3n) is 4.33. The first-order valence-electron chi connectivity index (χ1n) is 8.37. The highest BCUT2D eigenvalue weighted by atomic mass is 32.1. The number of hydrogen-bond acceptors (Lipinski definition) is 5. The minimum absolute atomic E-state index is 0.169. The molecular weight excluding hydrogens is 383 g/mol. The molecule has 3 aromatic heterocycles. The van der Waals surface area contributed by atoms with Gasteiger partial charge in [-0.15, -0.1) is 22.7 Å². The average molecular weight is 401 g/mol. The predicted octanol–water partition coefficient (Wildman–Crippen LogP) is 4.92. The molecule has 0 aliphatic heterocycles. The first-order chi connectivity index (χ1) is 12.9. The van der Waals surface area contributed by atoms with Crippen molar-refractivity contribution in [2.75, 3.05) is 5.32 Å². The van der Waals surface area contributed by atoms with E-state index < -0.39 is 0 Å². The molecule has 0 saturated heterocycles. The van der Waals surface area contributed by atoms with Crippen LogP contribution in [0.4, 0.5) is 9.52 Å². The first-order valence-corrected chi connectivity index (χ1v) is 10.0. The molecule has 5 nitrogen and oxygen atoms in total. The monoisotopic (exact) mass is 400 g/mol. The lowest BCUT2D eigenvalue weighted by Crippen LogP contribution is -2.09. The highest BCUT2D eigenvalue weighted by molar-refractivity contribution is 7.20. The Morgan fingerprint density at radius 3 is 2.56 bits per heavy atom. The largest absolute Gasteiger partial charge is 0.297 e. The van der Waals surface area contributed by atoms with Crippen molar-refractivity contribution in [2.45, 2.75) is 27.3 Å². The standard InChI is InChI=1S/C19H17FN4OS2/c1-10-12(3)26-19(21-10)22-17(25)16-8-15-11(2)23-24(18(15)27-16)9-13-4-6-14(20)7-5-13/h4-8H,9H2,1-3H3,(H,21,22,25). The summed E-state index contributed by atoms with van der Waals surface area (Å²) in [6.45, 7) is 6.35. The van der Waals surface area contributed by atoms with Gasteiger partial charge in [-0.05, 0) is 44.5 Å². The zero-order valence-corrected chi connectivity index (χ0v) is 16.7. The lowest BCUT2D eigenvalue weighted by Gasteiger charge is -2.03. The molecule has 1 amide bonds. The van der Waals surface area contributed by atoms with E-state index in [4.69, 9.17) is 0 Å². The van der Waals surface area contributed by atoms with Gasteiger partial charge in [-0.25, -0.2) is 9.37 Å². The average Bonchev–Trinajstić information content (AvgIpc) is 3.27. The number of nitrogens with one attached hydrogen (secondary N) is 1. The number of thiazole rings is 1. The van der Waals surface area contributed by atoms with Gasteiger partial charge in [0.2, 0.25) is 0 Å². The zero-order chi connectivity index (χ0) is 19.1. The Morgan fingerprint density at radius 1 is 1.15 bits per heavy atom. The summed E-state index contributed by atoms with van der Waals surface area (Å²) < 4.78 is 15.0. The van der Waals surface area contributed by atoms with Crippen LogP contribution in [0.2, 0.25) is 0 Å². The topological polar surface area (TPSA) is 59.8 Å². The number of fused-ring (bicyclic) bond motifs is 1. The van der Waals surface area contributed by atoms with Gasteiger partial charge < -0.3 is 0 Å².